The molecule has 0 saturated heterocycles. The molecule has 1 atom stereocenters. The average Bonchev–Trinajstić information content (AvgIpc) is 2.26. The van der Waals surface area contributed by atoms with Crippen molar-refractivity contribution in [1.29, 1.82) is 0 Å². The van der Waals surface area contributed by atoms with E-state index in [2.05, 4.69) is 13.8 Å². The van der Waals surface area contributed by atoms with Gasteiger partial charge in [-0.3, -0.25) is 0 Å². The van der Waals surface area contributed by atoms with Crippen molar-refractivity contribution in [2.45, 2.75) is 59.3 Å². The Morgan fingerprint density at radius 1 is 1.25 bits per heavy atom. The summed E-state index contributed by atoms with van der Waals surface area (Å²) in [5.41, 5.74) is 0. The van der Waals surface area contributed by atoms with Gasteiger partial charge in [-0.25, -0.2) is 4.79 Å². The van der Waals surface area contributed by atoms with E-state index >= 15 is 0 Å². The molecule has 0 aromatic rings. The van der Waals surface area contributed by atoms with Crippen LogP contribution in [-0.2, 0) is 9.53 Å². The number of unbranched alkanes of at least 4 members (excludes halogenated alkanes) is 2. The van der Waals surface area contributed by atoms with Crippen LogP contribution in [0.25, 0.3) is 0 Å². The third-order valence-corrected chi connectivity index (χ3v) is 2.65. The van der Waals surface area contributed by atoms with Crippen LogP contribution in [0.5, 0.6) is 0 Å². The first-order valence-electron chi connectivity index (χ1n) is 6.54. The summed E-state index contributed by atoms with van der Waals surface area (Å²) in [7, 11) is 0. The summed E-state index contributed by atoms with van der Waals surface area (Å²) in [6.45, 7) is 7.00. The van der Waals surface area contributed by atoms with Crippen molar-refractivity contribution in [2.75, 3.05) is 6.61 Å². The normalized spacial score (nSPS) is 12.9. The average molecular weight is 226 g/mol. The molecule has 94 valence electrons. The van der Waals surface area contributed by atoms with Gasteiger partial charge in [0.05, 0.1) is 6.61 Å². The lowest BCUT2D eigenvalue weighted by Crippen LogP contribution is -2.06. The number of carbonyl (C=O) groups excluding carboxylic acids is 1. The molecule has 0 saturated carbocycles. The summed E-state index contributed by atoms with van der Waals surface area (Å²) in [5.74, 6) is 0.456. The van der Waals surface area contributed by atoms with Crippen LogP contribution in [-0.4, -0.2) is 12.6 Å². The van der Waals surface area contributed by atoms with Crippen LogP contribution < -0.4 is 0 Å². The van der Waals surface area contributed by atoms with Gasteiger partial charge >= 0.3 is 5.97 Å². The van der Waals surface area contributed by atoms with Gasteiger partial charge in [0, 0.05) is 6.08 Å². The van der Waals surface area contributed by atoms with E-state index in [4.69, 9.17) is 4.74 Å². The van der Waals surface area contributed by atoms with Crippen LogP contribution in [0.1, 0.15) is 59.3 Å². The van der Waals surface area contributed by atoms with E-state index in [1.165, 1.54) is 31.8 Å². The van der Waals surface area contributed by atoms with Gasteiger partial charge in [-0.2, -0.15) is 0 Å². The van der Waals surface area contributed by atoms with E-state index in [1.54, 1.807) is 0 Å². The molecule has 0 heterocycles. The van der Waals surface area contributed by atoms with Crippen LogP contribution in [0.3, 0.4) is 0 Å². The molecule has 1 unspecified atom stereocenters. The fourth-order valence-corrected chi connectivity index (χ4v) is 1.51. The smallest absolute Gasteiger partial charge is 0.330 e. The SMILES string of the molecule is CC/C=C/C(=O)OCCC(C)CCCCC. The standard InChI is InChI=1S/C14H26O2/c1-4-6-8-9-13(3)11-12-16-14(15)10-7-5-2/h7,10,13H,4-6,8-9,11-12H2,1-3H3/b10-7+. The van der Waals surface area contributed by atoms with Crippen molar-refractivity contribution in [3.63, 3.8) is 0 Å². The minimum absolute atomic E-state index is 0.206. The van der Waals surface area contributed by atoms with E-state index in [1.807, 2.05) is 13.0 Å². The number of rotatable bonds is 9. The van der Waals surface area contributed by atoms with E-state index in [-0.39, 0.29) is 5.97 Å². The van der Waals surface area contributed by atoms with Gasteiger partial charge < -0.3 is 4.74 Å². The molecule has 0 fully saturated rings. The summed E-state index contributed by atoms with van der Waals surface area (Å²) in [4.78, 5) is 11.1. The number of esters is 1. The lowest BCUT2D eigenvalue weighted by atomic mass is 10.0. The molecule has 0 aliphatic carbocycles. The monoisotopic (exact) mass is 226 g/mol. The molecule has 0 spiro atoms. The van der Waals surface area contributed by atoms with Crippen molar-refractivity contribution in [3.8, 4) is 0 Å². The van der Waals surface area contributed by atoms with Crippen molar-refractivity contribution in [3.05, 3.63) is 12.2 Å². The Labute approximate surface area is 100 Å². The second kappa shape index (κ2) is 10.7. The number of carbonyl (C=O) groups is 1. The molecule has 0 amide bonds. The molecule has 16 heavy (non-hydrogen) atoms. The summed E-state index contributed by atoms with van der Waals surface area (Å²) in [5, 5.41) is 0. The van der Waals surface area contributed by atoms with Gasteiger partial charge in [-0.1, -0.05) is 52.5 Å². The van der Waals surface area contributed by atoms with Gasteiger partial charge in [0.1, 0.15) is 0 Å². The van der Waals surface area contributed by atoms with E-state index in [9.17, 15) is 4.79 Å². The van der Waals surface area contributed by atoms with Crippen LogP contribution in [0.4, 0.5) is 0 Å². The molecule has 0 bridgehead atoms. The Kier molecular flexibility index (Phi) is 10.2. The van der Waals surface area contributed by atoms with E-state index < -0.39 is 0 Å². The predicted octanol–water partition coefficient (Wildman–Crippen LogP) is 4.10. The Morgan fingerprint density at radius 2 is 2.00 bits per heavy atom. The van der Waals surface area contributed by atoms with Crippen LogP contribution in [0.15, 0.2) is 12.2 Å². The van der Waals surface area contributed by atoms with E-state index in [0.717, 1.165) is 12.8 Å². The van der Waals surface area contributed by atoms with Gasteiger partial charge in [-0.05, 0) is 18.8 Å². The summed E-state index contributed by atoms with van der Waals surface area (Å²) in [6.07, 6.45) is 10.3. The highest BCUT2D eigenvalue weighted by molar-refractivity contribution is 5.81. The zero-order chi connectivity index (χ0) is 12.2. The van der Waals surface area contributed by atoms with Crippen LogP contribution in [0, 0.1) is 5.92 Å². The number of allylic oxidation sites excluding steroid dienone is 1. The maximum atomic E-state index is 11.1. The predicted molar refractivity (Wildman–Crippen MR) is 68.3 cm³/mol. The molecule has 2 heteroatoms. The fraction of sp³-hybridized carbons (Fsp3) is 0.786. The first-order chi connectivity index (χ1) is 7.70. The third kappa shape index (κ3) is 9.75. The number of hydrogen-bond acceptors (Lipinski definition) is 2. The summed E-state index contributed by atoms with van der Waals surface area (Å²) >= 11 is 0. The quantitative estimate of drug-likeness (QED) is 0.336. The summed E-state index contributed by atoms with van der Waals surface area (Å²) in [6, 6.07) is 0. The van der Waals surface area contributed by atoms with Gasteiger partial charge in [0.15, 0.2) is 0 Å². The topological polar surface area (TPSA) is 26.3 Å². The third-order valence-electron chi connectivity index (χ3n) is 2.65. The molecule has 0 radical (unpaired) electrons. The highest BCUT2D eigenvalue weighted by Gasteiger charge is 2.03. The van der Waals surface area contributed by atoms with Crippen molar-refractivity contribution < 1.29 is 9.53 Å². The maximum absolute atomic E-state index is 11.1. The van der Waals surface area contributed by atoms with E-state index in [0.29, 0.717) is 12.5 Å². The molecule has 0 aromatic carbocycles. The van der Waals surface area contributed by atoms with Gasteiger partial charge in [0.25, 0.3) is 0 Å². The van der Waals surface area contributed by atoms with Crippen molar-refractivity contribution >= 4 is 5.97 Å². The van der Waals surface area contributed by atoms with Crippen LogP contribution >= 0.6 is 0 Å². The molecule has 0 aliphatic rings. The maximum Gasteiger partial charge on any atom is 0.330 e. The minimum Gasteiger partial charge on any atom is -0.463 e. The summed E-state index contributed by atoms with van der Waals surface area (Å²) < 4.78 is 5.10. The van der Waals surface area contributed by atoms with Crippen molar-refractivity contribution in [1.82, 2.24) is 0 Å². The molecule has 0 aromatic heterocycles. The molecule has 2 nitrogen and oxygen atoms in total. The first kappa shape index (κ1) is 15.2. The van der Waals surface area contributed by atoms with Crippen molar-refractivity contribution in [2.24, 2.45) is 5.92 Å². The largest absolute Gasteiger partial charge is 0.463 e. The minimum atomic E-state index is -0.206. The Balaban J connectivity index is 3.42. The lowest BCUT2D eigenvalue weighted by molar-refractivity contribution is -0.138. The van der Waals surface area contributed by atoms with Gasteiger partial charge in [-0.15, -0.1) is 0 Å². The highest BCUT2D eigenvalue weighted by Crippen LogP contribution is 2.12. The Hall–Kier alpha value is -0.790. The Bertz CT molecular complexity index is 197. The fourth-order valence-electron chi connectivity index (χ4n) is 1.51. The number of hydrogen-bond donors (Lipinski definition) is 0. The molecule has 0 N–H and O–H groups in total. The second-order valence-electron chi connectivity index (χ2n) is 4.37. The highest BCUT2D eigenvalue weighted by atomic mass is 16.5. The molecule has 0 aliphatic heterocycles. The number of ether oxygens (including phenoxy) is 1. The zero-order valence-electron chi connectivity index (χ0n) is 11.0. The lowest BCUT2D eigenvalue weighted by Gasteiger charge is -2.10. The zero-order valence-corrected chi connectivity index (χ0v) is 11.0. The van der Waals surface area contributed by atoms with Crippen LogP contribution in [0.2, 0.25) is 0 Å². The second-order valence-corrected chi connectivity index (χ2v) is 4.37. The Morgan fingerprint density at radius 3 is 2.62 bits per heavy atom. The molecule has 0 rings (SSSR count). The van der Waals surface area contributed by atoms with Gasteiger partial charge in [0.2, 0.25) is 0 Å². The molecular formula is C14H26O2. The first-order valence-corrected chi connectivity index (χ1v) is 6.54. The molecular weight excluding hydrogens is 200 g/mol.